The molecule has 7 heteroatoms. The third kappa shape index (κ3) is 3.78. The molecule has 2 aromatic carbocycles. The highest BCUT2D eigenvalue weighted by Crippen LogP contribution is 2.26. The number of hydrogen-bond donors (Lipinski definition) is 3. The van der Waals surface area contributed by atoms with Crippen molar-refractivity contribution in [2.45, 2.75) is 26.3 Å². The van der Waals surface area contributed by atoms with Crippen molar-refractivity contribution in [2.24, 2.45) is 0 Å². The van der Waals surface area contributed by atoms with Crippen LogP contribution in [-0.4, -0.2) is 20.2 Å². The summed E-state index contributed by atoms with van der Waals surface area (Å²) in [4.78, 5) is 9.27. The summed E-state index contributed by atoms with van der Waals surface area (Å²) in [7, 11) is 0. The predicted molar refractivity (Wildman–Crippen MR) is 109 cm³/mol. The Morgan fingerprint density at radius 1 is 1.07 bits per heavy atom. The van der Waals surface area contributed by atoms with Crippen LogP contribution >= 0.6 is 0 Å². The Balaban J connectivity index is 1.66. The van der Waals surface area contributed by atoms with Gasteiger partial charge in [0.25, 0.3) is 0 Å². The van der Waals surface area contributed by atoms with Gasteiger partial charge in [0.15, 0.2) is 5.82 Å². The number of rotatable bonds is 6. The first-order valence-electron chi connectivity index (χ1n) is 9.22. The molecule has 0 fully saturated rings. The number of aromatic nitrogens is 4. The number of halogens is 1. The number of nitrogens with one attached hydrogen (secondary N) is 3. The van der Waals surface area contributed by atoms with E-state index in [1.807, 2.05) is 37.3 Å². The number of H-pyrrole nitrogens is 1. The minimum atomic E-state index is -0.255. The minimum Gasteiger partial charge on any atom is -0.348 e. The molecule has 0 radical (unpaired) electrons. The van der Waals surface area contributed by atoms with E-state index in [2.05, 4.69) is 37.7 Å². The summed E-state index contributed by atoms with van der Waals surface area (Å²) in [5, 5.41) is 14.8. The first-order valence-corrected chi connectivity index (χ1v) is 9.22. The molecule has 0 bridgehead atoms. The van der Waals surface area contributed by atoms with Crippen LogP contribution in [-0.2, 0) is 6.42 Å². The highest BCUT2D eigenvalue weighted by atomic mass is 19.1. The van der Waals surface area contributed by atoms with E-state index in [0.717, 1.165) is 28.6 Å². The monoisotopic (exact) mass is 376 g/mol. The second-order valence-corrected chi connectivity index (χ2v) is 6.59. The third-order valence-corrected chi connectivity index (χ3v) is 4.58. The molecule has 0 amide bonds. The number of benzene rings is 2. The summed E-state index contributed by atoms with van der Waals surface area (Å²) >= 11 is 0. The van der Waals surface area contributed by atoms with E-state index < -0.39 is 0 Å². The Labute approximate surface area is 162 Å². The summed E-state index contributed by atoms with van der Waals surface area (Å²) in [5.74, 6) is 1.62. The van der Waals surface area contributed by atoms with Crippen molar-refractivity contribution in [1.29, 1.82) is 0 Å². The molecular formula is C21H21FN6. The summed E-state index contributed by atoms with van der Waals surface area (Å²) < 4.78 is 13.2. The van der Waals surface area contributed by atoms with Crippen LogP contribution < -0.4 is 10.6 Å². The number of hydrogen-bond acceptors (Lipinski definition) is 5. The van der Waals surface area contributed by atoms with E-state index in [0.29, 0.717) is 17.6 Å². The van der Waals surface area contributed by atoms with Crippen LogP contribution in [0, 0.1) is 5.82 Å². The van der Waals surface area contributed by atoms with Gasteiger partial charge in [-0.05, 0) is 43.2 Å². The lowest BCUT2D eigenvalue weighted by atomic mass is 10.1. The van der Waals surface area contributed by atoms with Crippen LogP contribution in [0.25, 0.3) is 10.9 Å². The first kappa shape index (κ1) is 17.9. The quantitative estimate of drug-likeness (QED) is 0.443. The topological polar surface area (TPSA) is 78.5 Å². The molecule has 28 heavy (non-hydrogen) atoms. The van der Waals surface area contributed by atoms with Crippen LogP contribution in [0.15, 0.2) is 54.6 Å². The molecule has 0 spiro atoms. The lowest BCUT2D eigenvalue weighted by molar-refractivity contribution is 0.626. The van der Waals surface area contributed by atoms with E-state index in [9.17, 15) is 4.39 Å². The van der Waals surface area contributed by atoms with E-state index in [-0.39, 0.29) is 11.9 Å². The van der Waals surface area contributed by atoms with Crippen molar-refractivity contribution in [3.05, 3.63) is 71.7 Å². The third-order valence-electron chi connectivity index (χ3n) is 4.58. The van der Waals surface area contributed by atoms with Gasteiger partial charge in [-0.15, -0.1) is 0 Å². The van der Waals surface area contributed by atoms with Crippen LogP contribution in [0.5, 0.6) is 0 Å². The van der Waals surface area contributed by atoms with Gasteiger partial charge in [0.1, 0.15) is 11.6 Å². The highest BCUT2D eigenvalue weighted by Gasteiger charge is 2.12. The molecule has 0 aliphatic heterocycles. The molecule has 0 aliphatic rings. The summed E-state index contributed by atoms with van der Waals surface area (Å²) in [6, 6.07) is 16.1. The lowest BCUT2D eigenvalue weighted by Crippen LogP contribution is -2.10. The van der Waals surface area contributed by atoms with Crippen LogP contribution in [0.4, 0.5) is 22.0 Å². The number of fused-ring (bicyclic) bond motifs is 1. The molecule has 0 aliphatic carbocycles. The van der Waals surface area contributed by atoms with E-state index in [1.165, 1.54) is 12.1 Å². The van der Waals surface area contributed by atoms with Gasteiger partial charge in [-0.2, -0.15) is 10.1 Å². The van der Waals surface area contributed by atoms with Gasteiger partial charge in [0, 0.05) is 17.1 Å². The summed E-state index contributed by atoms with van der Waals surface area (Å²) in [5.41, 5.74) is 2.82. The number of aromatic amines is 1. The molecule has 3 N–H and O–H groups in total. The number of anilines is 3. The van der Waals surface area contributed by atoms with Crippen molar-refractivity contribution in [3.8, 4) is 0 Å². The zero-order chi connectivity index (χ0) is 19.5. The van der Waals surface area contributed by atoms with Crippen molar-refractivity contribution in [1.82, 2.24) is 20.2 Å². The largest absolute Gasteiger partial charge is 0.348 e. The fraction of sp³-hybridized carbons (Fsp3) is 0.190. The predicted octanol–water partition coefficient (Wildman–Crippen LogP) is 4.97. The first-order chi connectivity index (χ1) is 13.6. The fourth-order valence-electron chi connectivity index (χ4n) is 2.99. The summed E-state index contributed by atoms with van der Waals surface area (Å²) in [6.07, 6.45) is 0.876. The number of aryl methyl sites for hydroxylation is 1. The maximum absolute atomic E-state index is 13.2. The van der Waals surface area contributed by atoms with E-state index in [4.69, 9.17) is 0 Å². The molecular weight excluding hydrogens is 355 g/mol. The molecule has 0 saturated carbocycles. The SMILES string of the molecule is CCc1cc(Nc2nc(N[C@@H](C)c3ccc(F)cc3)nc3ccccc23)n[nH]1. The number of nitrogens with zero attached hydrogens (tertiary/aromatic N) is 3. The van der Waals surface area contributed by atoms with Gasteiger partial charge >= 0.3 is 0 Å². The Morgan fingerprint density at radius 3 is 2.61 bits per heavy atom. The Kier molecular flexibility index (Phi) is 4.89. The average molecular weight is 376 g/mol. The fourth-order valence-corrected chi connectivity index (χ4v) is 2.99. The zero-order valence-electron chi connectivity index (χ0n) is 15.7. The molecule has 2 aromatic heterocycles. The Hall–Kier alpha value is -3.48. The van der Waals surface area contributed by atoms with Crippen molar-refractivity contribution >= 4 is 28.5 Å². The zero-order valence-corrected chi connectivity index (χ0v) is 15.7. The molecule has 142 valence electrons. The molecule has 0 saturated heterocycles. The standard InChI is InChI=1S/C21H21FN6/c1-3-16-12-19(28-27-16)25-20-17-6-4-5-7-18(17)24-21(26-20)23-13(2)14-8-10-15(22)11-9-14/h4-13H,3H2,1-2H3,(H3,23,24,25,26,27,28)/t13-/m0/s1. The average Bonchev–Trinajstić information content (AvgIpc) is 3.16. The van der Waals surface area contributed by atoms with Gasteiger partial charge in [0.05, 0.1) is 11.6 Å². The maximum Gasteiger partial charge on any atom is 0.225 e. The highest BCUT2D eigenvalue weighted by molar-refractivity contribution is 5.91. The van der Waals surface area contributed by atoms with Crippen LogP contribution in [0.2, 0.25) is 0 Å². The van der Waals surface area contributed by atoms with Crippen molar-refractivity contribution < 1.29 is 4.39 Å². The van der Waals surface area contributed by atoms with E-state index >= 15 is 0 Å². The minimum absolute atomic E-state index is 0.0771. The second-order valence-electron chi connectivity index (χ2n) is 6.59. The Morgan fingerprint density at radius 2 is 1.86 bits per heavy atom. The molecule has 4 rings (SSSR count). The van der Waals surface area contributed by atoms with Crippen LogP contribution in [0.1, 0.15) is 31.1 Å². The Bertz CT molecular complexity index is 1090. The maximum atomic E-state index is 13.2. The van der Waals surface area contributed by atoms with Gasteiger partial charge in [-0.3, -0.25) is 5.10 Å². The lowest BCUT2D eigenvalue weighted by Gasteiger charge is -2.16. The molecule has 0 unspecified atom stereocenters. The molecule has 4 aromatic rings. The van der Waals surface area contributed by atoms with Crippen LogP contribution in [0.3, 0.4) is 0 Å². The normalized spacial score (nSPS) is 12.1. The smallest absolute Gasteiger partial charge is 0.225 e. The van der Waals surface area contributed by atoms with Gasteiger partial charge < -0.3 is 10.6 Å². The van der Waals surface area contributed by atoms with E-state index in [1.54, 1.807) is 12.1 Å². The number of para-hydroxylation sites is 1. The van der Waals surface area contributed by atoms with Gasteiger partial charge in [0.2, 0.25) is 5.95 Å². The van der Waals surface area contributed by atoms with Gasteiger partial charge in [-0.1, -0.05) is 31.2 Å². The van der Waals surface area contributed by atoms with Gasteiger partial charge in [-0.25, -0.2) is 9.37 Å². The molecule has 2 heterocycles. The second kappa shape index (κ2) is 7.64. The molecule has 6 nitrogen and oxygen atoms in total. The molecule has 1 atom stereocenters. The summed E-state index contributed by atoms with van der Waals surface area (Å²) in [6.45, 7) is 4.05. The van der Waals surface area contributed by atoms with Crippen molar-refractivity contribution in [3.63, 3.8) is 0 Å². The van der Waals surface area contributed by atoms with Crippen molar-refractivity contribution in [2.75, 3.05) is 10.6 Å².